The maximum absolute atomic E-state index is 6.47. The number of aromatic nitrogens is 3. The van der Waals surface area contributed by atoms with E-state index in [2.05, 4.69) is 127 Å². The van der Waals surface area contributed by atoms with Crippen molar-refractivity contribution in [3.63, 3.8) is 0 Å². The van der Waals surface area contributed by atoms with E-state index in [1.807, 2.05) is 54.6 Å². The molecule has 9 aromatic rings. The molecule has 0 unspecified atom stereocenters. The molecule has 4 heteroatoms. The van der Waals surface area contributed by atoms with Crippen LogP contribution in [0.5, 0.6) is 0 Å². The van der Waals surface area contributed by atoms with E-state index in [0.717, 1.165) is 27.8 Å². The van der Waals surface area contributed by atoms with Crippen LogP contribution in [0.2, 0.25) is 0 Å². The summed E-state index contributed by atoms with van der Waals surface area (Å²) in [6.07, 6.45) is 0. The average molecular weight is 677 g/mol. The van der Waals surface area contributed by atoms with Crippen LogP contribution in [0, 0.1) is 0 Å². The van der Waals surface area contributed by atoms with Gasteiger partial charge in [-0.2, -0.15) is 0 Å². The minimum absolute atomic E-state index is 0.539. The summed E-state index contributed by atoms with van der Waals surface area (Å²) >= 11 is 0. The Morgan fingerprint density at radius 2 is 0.792 bits per heavy atom. The van der Waals surface area contributed by atoms with Gasteiger partial charge in [-0.05, 0) is 90.7 Å². The first-order valence-electron chi connectivity index (χ1n) is 17.8. The molecule has 4 nitrogen and oxygen atoms in total. The van der Waals surface area contributed by atoms with Crippen molar-refractivity contribution in [1.82, 2.24) is 15.0 Å². The normalized spacial score (nSPS) is 11.5. The molecular formula is C49H32N4. The fourth-order valence-corrected chi connectivity index (χ4v) is 7.84. The second-order valence-corrected chi connectivity index (χ2v) is 13.4. The lowest BCUT2D eigenvalue weighted by Crippen LogP contribution is -2.02. The van der Waals surface area contributed by atoms with Crippen LogP contribution in [0.15, 0.2) is 182 Å². The summed E-state index contributed by atoms with van der Waals surface area (Å²) in [5.74, 6) is 1.72. The molecule has 1 aliphatic rings. The van der Waals surface area contributed by atoms with Crippen LogP contribution in [-0.4, -0.2) is 15.0 Å². The van der Waals surface area contributed by atoms with Crippen molar-refractivity contribution < 1.29 is 0 Å². The highest BCUT2D eigenvalue weighted by molar-refractivity contribution is 6.22. The Labute approximate surface area is 308 Å². The monoisotopic (exact) mass is 676 g/mol. The van der Waals surface area contributed by atoms with E-state index < -0.39 is 0 Å². The van der Waals surface area contributed by atoms with Gasteiger partial charge in [-0.3, -0.25) is 0 Å². The smallest absolute Gasteiger partial charge is 0.166 e. The highest BCUT2D eigenvalue weighted by atomic mass is 15.0. The van der Waals surface area contributed by atoms with Gasteiger partial charge in [0, 0.05) is 22.4 Å². The van der Waals surface area contributed by atoms with Crippen LogP contribution >= 0.6 is 0 Å². The second kappa shape index (κ2) is 12.6. The van der Waals surface area contributed by atoms with Gasteiger partial charge in [0.05, 0.1) is 0 Å². The predicted molar refractivity (Wildman–Crippen MR) is 219 cm³/mol. The third-order valence-electron chi connectivity index (χ3n) is 10.2. The molecule has 1 aromatic heterocycles. The lowest BCUT2D eigenvalue weighted by molar-refractivity contribution is 1.07. The second-order valence-electron chi connectivity index (χ2n) is 13.4. The summed E-state index contributed by atoms with van der Waals surface area (Å²) in [7, 11) is 0. The largest absolute Gasteiger partial charge is 0.398 e. The highest BCUT2D eigenvalue weighted by Gasteiger charge is 2.30. The number of hydrogen-bond donors (Lipinski definition) is 1. The van der Waals surface area contributed by atoms with Crippen LogP contribution in [0.25, 0.3) is 101 Å². The van der Waals surface area contributed by atoms with E-state index in [1.165, 1.54) is 55.3 Å². The summed E-state index contributed by atoms with van der Waals surface area (Å²) in [6, 6.07) is 63.7. The summed E-state index contributed by atoms with van der Waals surface area (Å²) in [5.41, 5.74) is 21.7. The molecule has 53 heavy (non-hydrogen) atoms. The molecule has 0 amide bonds. The molecule has 0 aliphatic heterocycles. The number of nitrogen functional groups attached to an aromatic ring is 1. The first-order valence-corrected chi connectivity index (χ1v) is 17.8. The van der Waals surface area contributed by atoms with Crippen molar-refractivity contribution in [2.45, 2.75) is 0 Å². The first kappa shape index (κ1) is 30.6. The van der Waals surface area contributed by atoms with Crippen LogP contribution in [0.3, 0.4) is 0 Å². The number of nitrogens with zero attached hydrogens (tertiary/aromatic N) is 3. The van der Waals surface area contributed by atoms with Gasteiger partial charge < -0.3 is 5.73 Å². The summed E-state index contributed by atoms with van der Waals surface area (Å²) in [4.78, 5) is 15.0. The van der Waals surface area contributed by atoms with Gasteiger partial charge in [-0.1, -0.05) is 158 Å². The van der Waals surface area contributed by atoms with Crippen molar-refractivity contribution in [3.8, 4) is 89.8 Å². The molecule has 0 saturated carbocycles. The van der Waals surface area contributed by atoms with Gasteiger partial charge in [0.15, 0.2) is 17.5 Å². The number of rotatable bonds is 6. The maximum Gasteiger partial charge on any atom is 0.166 e. The zero-order valence-corrected chi connectivity index (χ0v) is 28.7. The van der Waals surface area contributed by atoms with Crippen molar-refractivity contribution >= 4 is 16.5 Å². The number of fused-ring (bicyclic) bond motifs is 3. The molecule has 248 valence electrons. The van der Waals surface area contributed by atoms with E-state index in [4.69, 9.17) is 20.7 Å². The van der Waals surface area contributed by atoms with E-state index >= 15 is 0 Å². The van der Waals surface area contributed by atoms with E-state index in [0.29, 0.717) is 23.2 Å². The summed E-state index contributed by atoms with van der Waals surface area (Å²) in [5, 5.41) is 2.55. The molecule has 0 bridgehead atoms. The van der Waals surface area contributed by atoms with Crippen molar-refractivity contribution in [1.29, 1.82) is 0 Å². The minimum Gasteiger partial charge on any atom is -0.398 e. The van der Waals surface area contributed by atoms with Crippen LogP contribution < -0.4 is 5.73 Å². The standard InChI is InChI=1S/C49H32N4/c50-42-28-11-10-25-37(42)49-52-47(34-19-8-3-9-20-34)51-48(53-49)36-24-12-23-35(29-36)41-30-40(31-15-4-1-5-16-31)45-38-26-13-21-32-22-14-27-39(43(32)38)46(45)44(41)33-17-6-2-7-18-33/h1-30H,50H2. The van der Waals surface area contributed by atoms with E-state index in [-0.39, 0.29) is 0 Å². The summed E-state index contributed by atoms with van der Waals surface area (Å²) in [6.45, 7) is 0. The van der Waals surface area contributed by atoms with Gasteiger partial charge in [-0.15, -0.1) is 0 Å². The van der Waals surface area contributed by atoms with Gasteiger partial charge in [0.25, 0.3) is 0 Å². The van der Waals surface area contributed by atoms with Crippen molar-refractivity contribution in [2.24, 2.45) is 0 Å². The average Bonchev–Trinajstić information content (AvgIpc) is 3.57. The molecule has 10 rings (SSSR count). The molecule has 0 fully saturated rings. The number of benzene rings is 8. The third kappa shape index (κ3) is 5.19. The first-order chi connectivity index (χ1) is 26.2. The SMILES string of the molecule is Nc1ccccc1-c1nc(-c2ccccc2)nc(-c2cccc(-c3cc(-c4ccccc4)c4c(c3-c3ccccc3)-c3cccc5cccc-4c35)c2)n1. The van der Waals surface area contributed by atoms with Crippen LogP contribution in [0.1, 0.15) is 0 Å². The maximum atomic E-state index is 6.47. The molecule has 8 aromatic carbocycles. The minimum atomic E-state index is 0.539. The van der Waals surface area contributed by atoms with Gasteiger partial charge in [0.2, 0.25) is 0 Å². The number of hydrogen-bond acceptors (Lipinski definition) is 4. The highest BCUT2D eigenvalue weighted by Crippen LogP contribution is 2.57. The van der Waals surface area contributed by atoms with Crippen LogP contribution in [-0.2, 0) is 0 Å². The Morgan fingerprint density at radius 1 is 0.302 bits per heavy atom. The molecule has 1 heterocycles. The Hall–Kier alpha value is -7.17. The number of anilines is 1. The Kier molecular flexibility index (Phi) is 7.26. The Morgan fingerprint density at radius 3 is 1.49 bits per heavy atom. The third-order valence-corrected chi connectivity index (χ3v) is 10.2. The molecule has 1 aliphatic carbocycles. The van der Waals surface area contributed by atoms with Crippen LogP contribution in [0.4, 0.5) is 5.69 Å². The number of nitrogens with two attached hydrogens (primary N) is 1. The van der Waals surface area contributed by atoms with Crippen molar-refractivity contribution in [2.75, 3.05) is 5.73 Å². The Balaban J connectivity index is 1.25. The van der Waals surface area contributed by atoms with E-state index in [1.54, 1.807) is 0 Å². The molecular weight excluding hydrogens is 645 g/mol. The molecule has 0 atom stereocenters. The molecule has 0 saturated heterocycles. The lowest BCUT2D eigenvalue weighted by atomic mass is 9.82. The topological polar surface area (TPSA) is 64.7 Å². The quantitative estimate of drug-likeness (QED) is 0.178. The molecule has 2 N–H and O–H groups in total. The molecule has 0 radical (unpaired) electrons. The van der Waals surface area contributed by atoms with Crippen molar-refractivity contribution in [3.05, 3.63) is 182 Å². The Bertz CT molecular complexity index is 2820. The predicted octanol–water partition coefficient (Wildman–Crippen LogP) is 12.3. The van der Waals surface area contributed by atoms with Gasteiger partial charge in [0.1, 0.15) is 0 Å². The van der Waals surface area contributed by atoms with Gasteiger partial charge in [-0.25, -0.2) is 15.0 Å². The molecule has 0 spiro atoms. The zero-order chi connectivity index (χ0) is 35.3. The fourth-order valence-electron chi connectivity index (χ4n) is 7.84. The lowest BCUT2D eigenvalue weighted by Gasteiger charge is -2.21. The van der Waals surface area contributed by atoms with E-state index in [9.17, 15) is 0 Å². The fraction of sp³-hybridized carbons (Fsp3) is 0. The van der Waals surface area contributed by atoms with Gasteiger partial charge >= 0.3 is 0 Å². The number of para-hydroxylation sites is 1. The zero-order valence-electron chi connectivity index (χ0n) is 28.7. The summed E-state index contributed by atoms with van der Waals surface area (Å²) < 4.78 is 0.